The molecule has 162 valence electrons. The fourth-order valence-electron chi connectivity index (χ4n) is 3.24. The zero-order chi connectivity index (χ0) is 21.8. The van der Waals surface area contributed by atoms with Crippen molar-refractivity contribution >= 4 is 21.6 Å². The van der Waals surface area contributed by atoms with Crippen molar-refractivity contribution in [1.82, 2.24) is 9.73 Å². The fourth-order valence-corrected chi connectivity index (χ4v) is 4.76. The zero-order valence-electron chi connectivity index (χ0n) is 16.1. The first-order valence-corrected chi connectivity index (χ1v) is 11.0. The van der Waals surface area contributed by atoms with Crippen LogP contribution >= 0.6 is 0 Å². The first-order valence-electron chi connectivity index (χ1n) is 9.52. The molecule has 0 atom stereocenters. The van der Waals surface area contributed by atoms with E-state index in [4.69, 9.17) is 0 Å². The van der Waals surface area contributed by atoms with E-state index >= 15 is 0 Å². The van der Waals surface area contributed by atoms with Crippen molar-refractivity contribution in [3.63, 3.8) is 0 Å². The van der Waals surface area contributed by atoms with Gasteiger partial charge in [0.25, 0.3) is 5.91 Å². The van der Waals surface area contributed by atoms with Crippen LogP contribution in [0.3, 0.4) is 0 Å². The molecule has 0 saturated carbocycles. The average molecular weight is 441 g/mol. The molecule has 10 heteroatoms. The van der Waals surface area contributed by atoms with E-state index < -0.39 is 27.7 Å². The average Bonchev–Trinajstić information content (AvgIpc) is 3.02. The highest BCUT2D eigenvalue weighted by molar-refractivity contribution is 7.89. The molecule has 30 heavy (non-hydrogen) atoms. The molecule has 3 rings (SSSR count). The van der Waals surface area contributed by atoms with Crippen LogP contribution in [0, 0.1) is 0 Å². The van der Waals surface area contributed by atoms with Gasteiger partial charge in [0.05, 0.1) is 16.1 Å². The minimum Gasteiger partial charge on any atom is -0.298 e. The molecule has 0 radical (unpaired) electrons. The summed E-state index contributed by atoms with van der Waals surface area (Å²) in [6.07, 6.45) is -0.960. The van der Waals surface area contributed by atoms with Crippen molar-refractivity contribution in [3.05, 3.63) is 59.7 Å². The van der Waals surface area contributed by atoms with Gasteiger partial charge < -0.3 is 0 Å². The Morgan fingerprint density at radius 2 is 1.50 bits per heavy atom. The molecule has 0 bridgehead atoms. The largest absolute Gasteiger partial charge is 0.418 e. The lowest BCUT2D eigenvalue weighted by atomic mass is 10.2. The number of alkyl halides is 3. The number of halogens is 3. The number of amides is 1. The minimum atomic E-state index is -4.57. The summed E-state index contributed by atoms with van der Waals surface area (Å²) in [5.41, 5.74) is 3.39. The third-order valence-corrected chi connectivity index (χ3v) is 6.78. The molecular weight excluding hydrogens is 419 g/mol. The van der Waals surface area contributed by atoms with Gasteiger partial charge in [0.2, 0.25) is 10.0 Å². The van der Waals surface area contributed by atoms with Crippen molar-refractivity contribution < 1.29 is 26.4 Å². The summed E-state index contributed by atoms with van der Waals surface area (Å²) >= 11 is 0. The Hall–Kier alpha value is -2.59. The van der Waals surface area contributed by atoms with Crippen LogP contribution in [0.4, 0.5) is 18.9 Å². The Kier molecular flexibility index (Phi) is 6.67. The molecule has 6 nitrogen and oxygen atoms in total. The molecule has 0 unspecified atom stereocenters. The van der Waals surface area contributed by atoms with E-state index in [0.717, 1.165) is 31.7 Å². The zero-order valence-corrected chi connectivity index (χ0v) is 16.9. The van der Waals surface area contributed by atoms with Crippen LogP contribution in [0.25, 0.3) is 0 Å². The number of carbonyl (C=O) groups excluding carboxylic acids is 1. The highest BCUT2D eigenvalue weighted by atomic mass is 32.2. The smallest absolute Gasteiger partial charge is 0.298 e. The maximum Gasteiger partial charge on any atom is 0.418 e. The summed E-state index contributed by atoms with van der Waals surface area (Å²) < 4.78 is 66.0. The second kappa shape index (κ2) is 9.05. The topological polar surface area (TPSA) is 78.5 Å². The van der Waals surface area contributed by atoms with Crippen LogP contribution in [0.2, 0.25) is 0 Å². The van der Waals surface area contributed by atoms with Gasteiger partial charge in [-0.3, -0.25) is 15.6 Å². The van der Waals surface area contributed by atoms with E-state index in [9.17, 15) is 26.4 Å². The predicted molar refractivity (Wildman–Crippen MR) is 106 cm³/mol. The number of para-hydroxylation sites is 1. The predicted octanol–water partition coefficient (Wildman–Crippen LogP) is 4.03. The lowest BCUT2D eigenvalue weighted by molar-refractivity contribution is -0.137. The van der Waals surface area contributed by atoms with Crippen LogP contribution < -0.4 is 10.9 Å². The molecule has 2 aromatic rings. The van der Waals surface area contributed by atoms with Crippen LogP contribution in [-0.2, 0) is 16.2 Å². The van der Waals surface area contributed by atoms with E-state index in [1.165, 1.54) is 46.8 Å². The second-order valence-electron chi connectivity index (χ2n) is 6.97. The summed E-state index contributed by atoms with van der Waals surface area (Å²) in [6.45, 7) is 0.931. The lowest BCUT2D eigenvalue weighted by Crippen LogP contribution is -2.32. The number of carbonyl (C=O) groups is 1. The van der Waals surface area contributed by atoms with Crippen LogP contribution in [-0.4, -0.2) is 31.7 Å². The Balaban J connectivity index is 1.69. The first kappa shape index (κ1) is 22.1. The summed E-state index contributed by atoms with van der Waals surface area (Å²) in [7, 11) is -3.64. The number of rotatable bonds is 5. The Bertz CT molecular complexity index is 984. The molecular formula is C20H22F3N3O3S. The molecule has 1 saturated heterocycles. The van der Waals surface area contributed by atoms with Crippen molar-refractivity contribution in [2.75, 3.05) is 18.5 Å². The monoisotopic (exact) mass is 441 g/mol. The van der Waals surface area contributed by atoms with E-state index in [1.54, 1.807) is 0 Å². The number of nitrogens with zero attached hydrogens (tertiary/aromatic N) is 1. The molecule has 1 amide bonds. The molecule has 1 fully saturated rings. The summed E-state index contributed by atoms with van der Waals surface area (Å²) in [5.74, 6) is -0.689. The molecule has 0 aromatic heterocycles. The number of nitrogens with one attached hydrogen (secondary N) is 2. The van der Waals surface area contributed by atoms with Gasteiger partial charge in [0.1, 0.15) is 0 Å². The molecule has 2 aromatic carbocycles. The Morgan fingerprint density at radius 1 is 0.900 bits per heavy atom. The van der Waals surface area contributed by atoms with E-state index in [0.29, 0.717) is 13.1 Å². The molecule has 1 aliphatic rings. The molecule has 0 aliphatic carbocycles. The quantitative estimate of drug-likeness (QED) is 0.687. The molecule has 2 N–H and O–H groups in total. The first-order chi connectivity index (χ1) is 14.2. The second-order valence-corrected chi connectivity index (χ2v) is 8.90. The molecule has 0 spiro atoms. The normalized spacial score (nSPS) is 16.0. The number of hydrogen-bond acceptors (Lipinski definition) is 4. The SMILES string of the molecule is O=C(NNc1ccccc1C(F)(F)F)c1ccc(S(=O)(=O)N2CCCCCC2)cc1. The fraction of sp³-hybridized carbons (Fsp3) is 0.350. The summed E-state index contributed by atoms with van der Waals surface area (Å²) in [5, 5.41) is 0. The third kappa shape index (κ3) is 5.11. The van der Waals surface area contributed by atoms with Crippen molar-refractivity contribution in [1.29, 1.82) is 0 Å². The standard InChI is InChI=1S/C20H22F3N3O3S/c21-20(22,23)17-7-3-4-8-18(17)24-25-19(27)15-9-11-16(12-10-15)30(28,29)26-13-5-1-2-6-14-26/h3-4,7-12,24H,1-2,5-6,13-14H2,(H,25,27). The van der Waals surface area contributed by atoms with Gasteiger partial charge >= 0.3 is 6.18 Å². The van der Waals surface area contributed by atoms with Gasteiger partial charge in [0, 0.05) is 18.7 Å². The van der Waals surface area contributed by atoms with Crippen molar-refractivity contribution in [3.8, 4) is 0 Å². The highest BCUT2D eigenvalue weighted by Gasteiger charge is 2.33. The highest BCUT2D eigenvalue weighted by Crippen LogP contribution is 2.34. The number of hydrazine groups is 1. The van der Waals surface area contributed by atoms with Crippen LogP contribution in [0.1, 0.15) is 41.6 Å². The van der Waals surface area contributed by atoms with Gasteiger partial charge in [-0.25, -0.2) is 8.42 Å². The number of hydrogen-bond donors (Lipinski definition) is 2. The minimum absolute atomic E-state index is 0.0799. The van der Waals surface area contributed by atoms with Crippen molar-refractivity contribution in [2.24, 2.45) is 0 Å². The number of benzene rings is 2. The van der Waals surface area contributed by atoms with E-state index in [1.807, 2.05) is 0 Å². The summed E-state index contributed by atoms with van der Waals surface area (Å²) in [4.78, 5) is 12.4. The molecule has 1 aliphatic heterocycles. The number of anilines is 1. The van der Waals surface area contributed by atoms with Crippen LogP contribution in [0.5, 0.6) is 0 Å². The van der Waals surface area contributed by atoms with E-state index in [-0.39, 0.29) is 16.1 Å². The molecule has 1 heterocycles. The third-order valence-electron chi connectivity index (χ3n) is 4.86. The van der Waals surface area contributed by atoms with Crippen molar-refractivity contribution in [2.45, 2.75) is 36.8 Å². The van der Waals surface area contributed by atoms with E-state index in [2.05, 4.69) is 10.9 Å². The van der Waals surface area contributed by atoms with Crippen LogP contribution in [0.15, 0.2) is 53.4 Å². The van der Waals surface area contributed by atoms with Gasteiger partial charge in [-0.2, -0.15) is 17.5 Å². The van der Waals surface area contributed by atoms with Gasteiger partial charge in [-0.1, -0.05) is 25.0 Å². The van der Waals surface area contributed by atoms with Gasteiger partial charge in [-0.05, 0) is 49.2 Å². The maximum absolute atomic E-state index is 13.0. The lowest BCUT2D eigenvalue weighted by Gasteiger charge is -2.20. The van der Waals surface area contributed by atoms with Gasteiger partial charge in [-0.15, -0.1) is 0 Å². The maximum atomic E-state index is 13.0. The Labute approximate surface area is 173 Å². The number of sulfonamides is 1. The Morgan fingerprint density at radius 3 is 2.10 bits per heavy atom. The van der Waals surface area contributed by atoms with Gasteiger partial charge in [0.15, 0.2) is 0 Å². The summed E-state index contributed by atoms with van der Waals surface area (Å²) in [6, 6.07) is 10.1.